The molecule has 0 aliphatic carbocycles. The SMILES string of the molecule is CO[Si](CCCC(S)CCCCCCl)(OC)OC. The summed E-state index contributed by atoms with van der Waals surface area (Å²) in [7, 11) is 2.59. The molecule has 0 rings (SSSR count). The summed E-state index contributed by atoms with van der Waals surface area (Å²) >= 11 is 10.3. The number of rotatable bonds is 12. The van der Waals surface area contributed by atoms with Crippen molar-refractivity contribution < 1.29 is 13.3 Å². The van der Waals surface area contributed by atoms with E-state index in [0.29, 0.717) is 5.25 Å². The molecular formula is C12H27ClO3SSi. The molecular weight excluding hydrogens is 288 g/mol. The van der Waals surface area contributed by atoms with E-state index in [-0.39, 0.29) is 0 Å². The van der Waals surface area contributed by atoms with Crippen molar-refractivity contribution in [2.24, 2.45) is 0 Å². The third-order valence-electron chi connectivity index (χ3n) is 3.12. The van der Waals surface area contributed by atoms with Gasteiger partial charge < -0.3 is 13.3 Å². The Kier molecular flexibility index (Phi) is 12.0. The Labute approximate surface area is 123 Å². The molecule has 0 saturated heterocycles. The van der Waals surface area contributed by atoms with E-state index >= 15 is 0 Å². The largest absolute Gasteiger partial charge is 0.500 e. The number of halogens is 1. The van der Waals surface area contributed by atoms with Crippen LogP contribution in [0, 0.1) is 0 Å². The summed E-state index contributed by atoms with van der Waals surface area (Å²) in [6.07, 6.45) is 6.78. The number of hydrogen-bond donors (Lipinski definition) is 1. The van der Waals surface area contributed by atoms with Crippen molar-refractivity contribution in [1.82, 2.24) is 0 Å². The zero-order valence-electron chi connectivity index (χ0n) is 11.8. The van der Waals surface area contributed by atoms with Gasteiger partial charge in [-0.15, -0.1) is 11.6 Å². The average molecular weight is 315 g/mol. The summed E-state index contributed by atoms with van der Waals surface area (Å²) in [5, 5.41) is 0.456. The van der Waals surface area contributed by atoms with Crippen molar-refractivity contribution in [3.05, 3.63) is 0 Å². The Hall–Kier alpha value is 0.737. The van der Waals surface area contributed by atoms with Crippen LogP contribution >= 0.6 is 24.2 Å². The highest BCUT2D eigenvalue weighted by Crippen LogP contribution is 2.21. The van der Waals surface area contributed by atoms with Crippen LogP contribution < -0.4 is 0 Å². The fourth-order valence-corrected chi connectivity index (χ4v) is 4.21. The molecule has 0 N–H and O–H groups in total. The van der Waals surface area contributed by atoms with E-state index < -0.39 is 8.80 Å². The Morgan fingerprint density at radius 1 is 0.944 bits per heavy atom. The van der Waals surface area contributed by atoms with Gasteiger partial charge in [-0.2, -0.15) is 12.6 Å². The van der Waals surface area contributed by atoms with Crippen LogP contribution in [0.25, 0.3) is 0 Å². The predicted molar refractivity (Wildman–Crippen MR) is 82.8 cm³/mol. The molecule has 0 aromatic heterocycles. The quantitative estimate of drug-likeness (QED) is 0.257. The average Bonchev–Trinajstić information content (AvgIpc) is 2.40. The third-order valence-corrected chi connectivity index (χ3v) is 6.74. The van der Waals surface area contributed by atoms with Crippen LogP contribution in [0.2, 0.25) is 6.04 Å². The van der Waals surface area contributed by atoms with E-state index in [1.807, 2.05) is 0 Å². The fourth-order valence-electron chi connectivity index (χ4n) is 1.91. The van der Waals surface area contributed by atoms with E-state index in [1.165, 1.54) is 12.8 Å². The lowest BCUT2D eigenvalue weighted by atomic mass is 10.1. The second-order valence-corrected chi connectivity index (χ2v) is 8.58. The molecule has 0 fully saturated rings. The van der Waals surface area contributed by atoms with Crippen LogP contribution in [0.1, 0.15) is 38.5 Å². The van der Waals surface area contributed by atoms with Gasteiger partial charge in [-0.1, -0.05) is 12.8 Å². The standard InChI is InChI=1S/C12H27ClO3SSi/c1-14-18(15-2,16-3)11-7-9-12(17)8-5-4-6-10-13/h12,17H,4-11H2,1-3H3. The van der Waals surface area contributed by atoms with Gasteiger partial charge in [0.1, 0.15) is 0 Å². The number of hydrogen-bond acceptors (Lipinski definition) is 4. The molecule has 0 saturated carbocycles. The summed E-state index contributed by atoms with van der Waals surface area (Å²) in [5.41, 5.74) is 0. The van der Waals surface area contributed by atoms with E-state index in [4.69, 9.17) is 24.9 Å². The number of thiol groups is 1. The predicted octanol–water partition coefficient (Wildman–Crippen LogP) is 3.74. The van der Waals surface area contributed by atoms with Crippen molar-refractivity contribution in [2.75, 3.05) is 27.2 Å². The minimum atomic E-state index is -2.38. The maximum atomic E-state index is 5.64. The highest BCUT2D eigenvalue weighted by atomic mass is 35.5. The molecule has 110 valence electrons. The zero-order valence-corrected chi connectivity index (χ0v) is 14.4. The Morgan fingerprint density at radius 2 is 1.50 bits per heavy atom. The van der Waals surface area contributed by atoms with Crippen LogP contribution in [0.4, 0.5) is 0 Å². The first-order chi connectivity index (χ1) is 8.64. The summed E-state index contributed by atoms with van der Waals surface area (Å²) in [6, 6.07) is 0.856. The molecule has 3 nitrogen and oxygen atoms in total. The van der Waals surface area contributed by atoms with Crippen molar-refractivity contribution in [3.63, 3.8) is 0 Å². The lowest BCUT2D eigenvalue weighted by Gasteiger charge is -2.24. The van der Waals surface area contributed by atoms with Crippen molar-refractivity contribution in [2.45, 2.75) is 49.8 Å². The van der Waals surface area contributed by atoms with Crippen LogP contribution in [-0.4, -0.2) is 41.3 Å². The summed E-state index contributed by atoms with van der Waals surface area (Å²) in [6.45, 7) is 0. The van der Waals surface area contributed by atoms with Gasteiger partial charge in [-0.25, -0.2) is 0 Å². The van der Waals surface area contributed by atoms with E-state index in [9.17, 15) is 0 Å². The fraction of sp³-hybridized carbons (Fsp3) is 1.00. The molecule has 18 heavy (non-hydrogen) atoms. The van der Waals surface area contributed by atoms with Crippen molar-refractivity contribution >= 4 is 33.0 Å². The first-order valence-corrected chi connectivity index (χ1v) is 9.52. The minimum Gasteiger partial charge on any atom is -0.377 e. The van der Waals surface area contributed by atoms with Gasteiger partial charge in [0, 0.05) is 38.5 Å². The monoisotopic (exact) mass is 314 g/mol. The maximum Gasteiger partial charge on any atom is 0.500 e. The van der Waals surface area contributed by atoms with Gasteiger partial charge in [0.2, 0.25) is 0 Å². The molecule has 0 heterocycles. The Morgan fingerprint density at radius 3 is 2.00 bits per heavy atom. The first-order valence-electron chi connectivity index (χ1n) is 6.53. The normalized spacial score (nSPS) is 13.8. The lowest BCUT2D eigenvalue weighted by Crippen LogP contribution is -2.42. The summed E-state index contributed by atoms with van der Waals surface area (Å²) in [5.74, 6) is 0.765. The smallest absolute Gasteiger partial charge is 0.377 e. The number of alkyl halides is 1. The first kappa shape index (κ1) is 18.7. The Balaban J connectivity index is 3.68. The molecule has 0 amide bonds. The second kappa shape index (κ2) is 11.6. The van der Waals surface area contributed by atoms with Gasteiger partial charge in [0.25, 0.3) is 0 Å². The number of unbranched alkanes of at least 4 members (excludes halogenated alkanes) is 2. The molecule has 0 aromatic rings. The molecule has 0 bridgehead atoms. The summed E-state index contributed by atoms with van der Waals surface area (Å²) in [4.78, 5) is 0. The molecule has 0 aliphatic heterocycles. The Bertz CT molecular complexity index is 186. The maximum absolute atomic E-state index is 5.64. The highest BCUT2D eigenvalue weighted by molar-refractivity contribution is 7.80. The van der Waals surface area contributed by atoms with E-state index in [0.717, 1.165) is 37.6 Å². The third kappa shape index (κ3) is 8.02. The van der Waals surface area contributed by atoms with Gasteiger partial charge >= 0.3 is 8.80 Å². The zero-order chi connectivity index (χ0) is 13.9. The van der Waals surface area contributed by atoms with Gasteiger partial charge in [0.15, 0.2) is 0 Å². The van der Waals surface area contributed by atoms with Gasteiger partial charge in [0.05, 0.1) is 0 Å². The van der Waals surface area contributed by atoms with Crippen LogP contribution in [-0.2, 0) is 13.3 Å². The molecule has 0 radical (unpaired) electrons. The van der Waals surface area contributed by atoms with Gasteiger partial charge in [-0.05, 0) is 25.7 Å². The minimum absolute atomic E-state index is 0.456. The van der Waals surface area contributed by atoms with Crippen molar-refractivity contribution in [3.8, 4) is 0 Å². The van der Waals surface area contributed by atoms with Crippen LogP contribution in [0.5, 0.6) is 0 Å². The second-order valence-electron chi connectivity index (χ2n) is 4.38. The molecule has 0 aliphatic rings. The van der Waals surface area contributed by atoms with Crippen molar-refractivity contribution in [1.29, 1.82) is 0 Å². The van der Waals surface area contributed by atoms with Crippen LogP contribution in [0.15, 0.2) is 0 Å². The topological polar surface area (TPSA) is 27.7 Å². The molecule has 1 atom stereocenters. The molecule has 1 unspecified atom stereocenters. The van der Waals surface area contributed by atoms with E-state index in [1.54, 1.807) is 21.3 Å². The molecule has 6 heteroatoms. The molecule has 0 spiro atoms. The summed E-state index contributed by atoms with van der Waals surface area (Å²) < 4.78 is 16.2. The molecule has 0 aromatic carbocycles. The highest BCUT2D eigenvalue weighted by Gasteiger charge is 2.36. The van der Waals surface area contributed by atoms with Gasteiger partial charge in [-0.3, -0.25) is 0 Å². The lowest BCUT2D eigenvalue weighted by molar-refractivity contribution is 0.123. The van der Waals surface area contributed by atoms with Crippen LogP contribution in [0.3, 0.4) is 0 Å². The van der Waals surface area contributed by atoms with E-state index in [2.05, 4.69) is 12.6 Å².